The Balaban J connectivity index is 1.90. The highest BCUT2D eigenvalue weighted by Gasteiger charge is 2.48. The SMILES string of the molecule is C=CC(=C)COC1OC1C(C(C)C)N(C)Cc1ccncc1. The number of epoxide rings is 1. The van der Waals surface area contributed by atoms with Crippen molar-refractivity contribution in [3.8, 4) is 0 Å². The van der Waals surface area contributed by atoms with Crippen molar-refractivity contribution in [2.45, 2.75) is 38.8 Å². The Bertz CT molecular complexity index is 501. The lowest BCUT2D eigenvalue weighted by Gasteiger charge is -2.30. The smallest absolute Gasteiger partial charge is 0.186 e. The predicted molar refractivity (Wildman–Crippen MR) is 88.3 cm³/mol. The minimum atomic E-state index is -0.135. The maximum absolute atomic E-state index is 5.74. The second kappa shape index (κ2) is 7.68. The Morgan fingerprint density at radius 2 is 2.14 bits per heavy atom. The third-order valence-corrected chi connectivity index (χ3v) is 3.91. The van der Waals surface area contributed by atoms with Crippen molar-refractivity contribution in [1.29, 1.82) is 0 Å². The summed E-state index contributed by atoms with van der Waals surface area (Å²) < 4.78 is 11.5. The van der Waals surface area contributed by atoms with E-state index in [0.717, 1.165) is 12.1 Å². The van der Waals surface area contributed by atoms with Crippen LogP contribution >= 0.6 is 0 Å². The topological polar surface area (TPSA) is 37.9 Å². The summed E-state index contributed by atoms with van der Waals surface area (Å²) in [6.45, 7) is 13.3. The summed E-state index contributed by atoms with van der Waals surface area (Å²) in [6, 6.07) is 4.41. The summed E-state index contributed by atoms with van der Waals surface area (Å²) in [5, 5.41) is 0. The monoisotopic (exact) mass is 302 g/mol. The molecule has 2 rings (SSSR count). The standard InChI is InChI=1S/C18H26N2O2/c1-6-14(4)12-21-18-17(22-18)16(13(2)3)20(5)11-15-7-9-19-10-8-15/h6-10,13,16-18H,1,4,11-12H2,2-3,5H3. The van der Waals surface area contributed by atoms with Crippen LogP contribution in [0.25, 0.3) is 0 Å². The zero-order chi connectivity index (χ0) is 16.1. The van der Waals surface area contributed by atoms with E-state index in [4.69, 9.17) is 9.47 Å². The molecule has 0 saturated carbocycles. The number of nitrogens with zero attached hydrogens (tertiary/aromatic N) is 2. The predicted octanol–water partition coefficient (Wildman–Crippen LogP) is 3.02. The molecule has 1 aromatic heterocycles. The molecule has 0 bridgehead atoms. The van der Waals surface area contributed by atoms with Crippen LogP contribution in [0.2, 0.25) is 0 Å². The van der Waals surface area contributed by atoms with Crippen LogP contribution in [0.4, 0.5) is 0 Å². The van der Waals surface area contributed by atoms with Crippen LogP contribution in [0.1, 0.15) is 19.4 Å². The Morgan fingerprint density at radius 1 is 1.45 bits per heavy atom. The fourth-order valence-electron chi connectivity index (χ4n) is 2.75. The van der Waals surface area contributed by atoms with E-state index in [-0.39, 0.29) is 12.4 Å². The fraction of sp³-hybridized carbons (Fsp3) is 0.500. The van der Waals surface area contributed by atoms with E-state index < -0.39 is 0 Å². The van der Waals surface area contributed by atoms with Gasteiger partial charge < -0.3 is 9.47 Å². The summed E-state index contributed by atoms with van der Waals surface area (Å²) >= 11 is 0. The molecule has 1 aromatic rings. The van der Waals surface area contributed by atoms with Crippen molar-refractivity contribution in [3.05, 3.63) is 54.9 Å². The molecule has 1 fully saturated rings. The first-order valence-electron chi connectivity index (χ1n) is 7.69. The van der Waals surface area contributed by atoms with Crippen LogP contribution in [0.15, 0.2) is 49.3 Å². The van der Waals surface area contributed by atoms with Crippen LogP contribution < -0.4 is 0 Å². The van der Waals surface area contributed by atoms with Crippen LogP contribution in [0.3, 0.4) is 0 Å². The fourth-order valence-corrected chi connectivity index (χ4v) is 2.75. The lowest BCUT2D eigenvalue weighted by Crippen LogP contribution is -2.40. The summed E-state index contributed by atoms with van der Waals surface area (Å²) in [5.74, 6) is 0.480. The van der Waals surface area contributed by atoms with Gasteiger partial charge in [0.25, 0.3) is 0 Å². The first-order valence-corrected chi connectivity index (χ1v) is 7.69. The first kappa shape index (κ1) is 16.9. The molecule has 0 amide bonds. The van der Waals surface area contributed by atoms with E-state index in [1.165, 1.54) is 5.56 Å². The zero-order valence-electron chi connectivity index (χ0n) is 13.7. The van der Waals surface area contributed by atoms with Gasteiger partial charge in [-0.1, -0.05) is 33.1 Å². The number of hydrogen-bond acceptors (Lipinski definition) is 4. The molecule has 0 spiro atoms. The Labute approximate surface area is 133 Å². The van der Waals surface area contributed by atoms with Gasteiger partial charge in [-0.25, -0.2) is 0 Å². The molecule has 1 aliphatic rings. The highest BCUT2D eigenvalue weighted by molar-refractivity contribution is 5.12. The van der Waals surface area contributed by atoms with Crippen molar-refractivity contribution < 1.29 is 9.47 Å². The number of hydrogen-bond donors (Lipinski definition) is 0. The van der Waals surface area contributed by atoms with Gasteiger partial charge in [0.1, 0.15) is 6.10 Å². The van der Waals surface area contributed by atoms with Gasteiger partial charge in [0, 0.05) is 25.0 Å². The highest BCUT2D eigenvalue weighted by atomic mass is 16.8. The van der Waals surface area contributed by atoms with Crippen molar-refractivity contribution in [2.24, 2.45) is 5.92 Å². The van der Waals surface area contributed by atoms with E-state index >= 15 is 0 Å². The van der Waals surface area contributed by atoms with Crippen LogP contribution in [-0.2, 0) is 16.0 Å². The van der Waals surface area contributed by atoms with Gasteiger partial charge >= 0.3 is 0 Å². The van der Waals surface area contributed by atoms with Gasteiger partial charge in [-0.15, -0.1) is 0 Å². The number of aromatic nitrogens is 1. The summed E-state index contributed by atoms with van der Waals surface area (Å²) in [7, 11) is 2.13. The van der Waals surface area contributed by atoms with E-state index in [1.54, 1.807) is 6.08 Å². The summed E-state index contributed by atoms with van der Waals surface area (Å²) in [5.41, 5.74) is 2.13. The average Bonchev–Trinajstić information content (AvgIpc) is 3.24. The highest BCUT2D eigenvalue weighted by Crippen LogP contribution is 2.33. The largest absolute Gasteiger partial charge is 0.345 e. The van der Waals surface area contributed by atoms with Gasteiger partial charge in [-0.3, -0.25) is 9.88 Å². The summed E-state index contributed by atoms with van der Waals surface area (Å²) in [6.07, 6.45) is 5.35. The quantitative estimate of drug-likeness (QED) is 0.519. The molecular formula is C18H26N2O2. The molecule has 120 valence electrons. The van der Waals surface area contributed by atoms with Crippen molar-refractivity contribution in [3.63, 3.8) is 0 Å². The Morgan fingerprint density at radius 3 is 2.73 bits per heavy atom. The molecule has 3 atom stereocenters. The van der Waals surface area contributed by atoms with Crippen molar-refractivity contribution in [2.75, 3.05) is 13.7 Å². The molecule has 3 unspecified atom stereocenters. The van der Waals surface area contributed by atoms with E-state index in [1.807, 2.05) is 24.5 Å². The molecule has 2 heterocycles. The second-order valence-corrected chi connectivity index (χ2v) is 6.15. The van der Waals surface area contributed by atoms with Crippen LogP contribution in [-0.4, -0.2) is 42.0 Å². The molecule has 1 aliphatic heterocycles. The third kappa shape index (κ3) is 4.50. The van der Waals surface area contributed by atoms with E-state index in [0.29, 0.717) is 18.6 Å². The normalized spacial score (nSPS) is 21.9. The van der Waals surface area contributed by atoms with Crippen molar-refractivity contribution >= 4 is 0 Å². The Hall–Kier alpha value is -1.49. The molecule has 0 N–H and O–H groups in total. The molecule has 1 saturated heterocycles. The lowest BCUT2D eigenvalue weighted by atomic mass is 9.99. The van der Waals surface area contributed by atoms with Gasteiger partial charge in [0.05, 0.1) is 6.61 Å². The second-order valence-electron chi connectivity index (χ2n) is 6.15. The lowest BCUT2D eigenvalue weighted by molar-refractivity contribution is 0.0667. The third-order valence-electron chi connectivity index (χ3n) is 3.91. The summed E-state index contributed by atoms with van der Waals surface area (Å²) in [4.78, 5) is 6.39. The maximum Gasteiger partial charge on any atom is 0.186 e. The minimum Gasteiger partial charge on any atom is -0.345 e. The molecule has 0 aliphatic carbocycles. The van der Waals surface area contributed by atoms with E-state index in [2.05, 4.69) is 43.9 Å². The molecule has 4 nitrogen and oxygen atoms in total. The minimum absolute atomic E-state index is 0.115. The number of pyridine rings is 1. The van der Waals surface area contributed by atoms with Crippen molar-refractivity contribution in [1.82, 2.24) is 9.88 Å². The molecule has 0 radical (unpaired) electrons. The molecular weight excluding hydrogens is 276 g/mol. The number of ether oxygens (including phenoxy) is 2. The number of likely N-dealkylation sites (N-methyl/N-ethyl adjacent to an activating group) is 1. The average molecular weight is 302 g/mol. The first-order chi connectivity index (χ1) is 10.5. The van der Waals surface area contributed by atoms with Crippen LogP contribution in [0.5, 0.6) is 0 Å². The van der Waals surface area contributed by atoms with E-state index in [9.17, 15) is 0 Å². The molecule has 4 heteroatoms. The maximum atomic E-state index is 5.74. The van der Waals surface area contributed by atoms with Gasteiger partial charge in [-0.2, -0.15) is 0 Å². The van der Waals surface area contributed by atoms with Crippen LogP contribution in [0, 0.1) is 5.92 Å². The molecule has 22 heavy (non-hydrogen) atoms. The van der Waals surface area contributed by atoms with Gasteiger partial charge in [-0.05, 0) is 36.2 Å². The van der Waals surface area contributed by atoms with Gasteiger partial charge in [0.15, 0.2) is 6.29 Å². The number of rotatable bonds is 9. The molecule has 0 aromatic carbocycles. The Kier molecular flexibility index (Phi) is 5.89. The zero-order valence-corrected chi connectivity index (χ0v) is 13.7. The van der Waals surface area contributed by atoms with Gasteiger partial charge in [0.2, 0.25) is 0 Å².